The van der Waals surface area contributed by atoms with E-state index in [2.05, 4.69) is 15.4 Å². The van der Waals surface area contributed by atoms with Crippen molar-refractivity contribution in [3.63, 3.8) is 0 Å². The van der Waals surface area contributed by atoms with Crippen LogP contribution in [0, 0.1) is 0 Å². The van der Waals surface area contributed by atoms with Gasteiger partial charge in [-0.15, -0.1) is 11.3 Å². The molecule has 0 spiro atoms. The Labute approximate surface area is 155 Å². The lowest BCUT2D eigenvalue weighted by Crippen LogP contribution is -2.35. The fourth-order valence-corrected chi connectivity index (χ4v) is 3.31. The van der Waals surface area contributed by atoms with Crippen molar-refractivity contribution in [1.82, 2.24) is 20.1 Å². The van der Waals surface area contributed by atoms with Gasteiger partial charge in [-0.25, -0.2) is 4.98 Å². The number of carbonyl (C=O) groups excluding carboxylic acids is 1. The molecule has 0 bridgehead atoms. The highest BCUT2D eigenvalue weighted by atomic mass is 32.1. The van der Waals surface area contributed by atoms with Crippen LogP contribution in [-0.2, 0) is 6.54 Å². The van der Waals surface area contributed by atoms with Gasteiger partial charge in [0.25, 0.3) is 5.91 Å². The monoisotopic (exact) mass is 372 g/mol. The molecule has 1 atom stereocenters. The number of amides is 1. The molecule has 26 heavy (non-hydrogen) atoms. The predicted molar refractivity (Wildman–Crippen MR) is 99.8 cm³/mol. The summed E-state index contributed by atoms with van der Waals surface area (Å²) in [5.41, 5.74) is 1.27. The molecular weight excluding hydrogens is 352 g/mol. The molecule has 0 fully saturated rings. The van der Waals surface area contributed by atoms with Gasteiger partial charge >= 0.3 is 0 Å². The molecule has 0 radical (unpaired) electrons. The quantitative estimate of drug-likeness (QED) is 0.690. The number of aromatic nitrogens is 3. The number of thiazole rings is 1. The van der Waals surface area contributed by atoms with Crippen LogP contribution in [0.5, 0.6) is 11.5 Å². The molecule has 2 heterocycles. The molecule has 1 aromatic carbocycles. The van der Waals surface area contributed by atoms with Crippen molar-refractivity contribution >= 4 is 17.2 Å². The van der Waals surface area contributed by atoms with Crippen LogP contribution >= 0.6 is 11.3 Å². The van der Waals surface area contributed by atoms with Gasteiger partial charge in [0.15, 0.2) is 11.5 Å². The van der Waals surface area contributed by atoms with Crippen LogP contribution in [0.15, 0.2) is 42.0 Å². The zero-order valence-corrected chi connectivity index (χ0v) is 15.6. The van der Waals surface area contributed by atoms with E-state index < -0.39 is 0 Å². The molecule has 3 rings (SSSR count). The number of nitrogens with one attached hydrogen (secondary N) is 1. The summed E-state index contributed by atoms with van der Waals surface area (Å²) in [5.74, 6) is 1.07. The number of nitrogens with zero attached hydrogens (tertiary/aromatic N) is 3. The molecule has 0 aliphatic rings. The first-order valence-corrected chi connectivity index (χ1v) is 8.95. The van der Waals surface area contributed by atoms with Gasteiger partial charge in [-0.1, -0.05) is 0 Å². The summed E-state index contributed by atoms with van der Waals surface area (Å²) >= 11 is 1.41. The Morgan fingerprint density at radius 1 is 1.31 bits per heavy atom. The zero-order valence-electron chi connectivity index (χ0n) is 14.8. The molecule has 3 aromatic rings. The third-order valence-corrected chi connectivity index (χ3v) is 4.66. The highest BCUT2D eigenvalue weighted by molar-refractivity contribution is 7.13. The van der Waals surface area contributed by atoms with Gasteiger partial charge in [-0.05, 0) is 31.2 Å². The van der Waals surface area contributed by atoms with Crippen molar-refractivity contribution in [1.29, 1.82) is 0 Å². The average Bonchev–Trinajstić information content (AvgIpc) is 3.32. The SMILES string of the molecule is COc1ccc(-c2nc(C(=O)N[C@@H](C)Cn3cccn3)cs2)cc1OC. The Kier molecular flexibility index (Phi) is 5.52. The number of rotatable bonds is 7. The second-order valence-corrected chi connectivity index (χ2v) is 6.57. The summed E-state index contributed by atoms with van der Waals surface area (Å²) in [6.07, 6.45) is 3.57. The van der Waals surface area contributed by atoms with Crippen molar-refractivity contribution in [2.24, 2.45) is 0 Å². The number of carbonyl (C=O) groups is 1. The molecule has 1 amide bonds. The van der Waals surface area contributed by atoms with E-state index in [1.165, 1.54) is 11.3 Å². The first-order chi connectivity index (χ1) is 12.6. The van der Waals surface area contributed by atoms with E-state index >= 15 is 0 Å². The zero-order chi connectivity index (χ0) is 18.5. The van der Waals surface area contributed by atoms with Gasteiger partial charge in [-0.2, -0.15) is 5.10 Å². The van der Waals surface area contributed by atoms with Gasteiger partial charge in [0.2, 0.25) is 0 Å². The fraction of sp³-hybridized carbons (Fsp3) is 0.278. The maximum atomic E-state index is 12.4. The number of hydrogen-bond acceptors (Lipinski definition) is 6. The minimum absolute atomic E-state index is 0.0615. The van der Waals surface area contributed by atoms with Gasteiger partial charge < -0.3 is 14.8 Å². The fourth-order valence-electron chi connectivity index (χ4n) is 2.51. The summed E-state index contributed by atoms with van der Waals surface area (Å²) in [4.78, 5) is 16.9. The van der Waals surface area contributed by atoms with Crippen molar-refractivity contribution in [2.75, 3.05) is 14.2 Å². The first kappa shape index (κ1) is 17.9. The van der Waals surface area contributed by atoms with Gasteiger partial charge in [0.1, 0.15) is 10.7 Å². The summed E-state index contributed by atoms with van der Waals surface area (Å²) in [5, 5.41) is 9.58. The standard InChI is InChI=1S/C18H20N4O3S/c1-12(10-22-8-4-7-19-22)20-17(23)14-11-26-18(21-14)13-5-6-15(24-2)16(9-13)25-3/h4-9,11-12H,10H2,1-3H3,(H,20,23)/t12-/m0/s1. The number of benzene rings is 1. The molecule has 0 unspecified atom stereocenters. The van der Waals surface area contributed by atoms with E-state index in [1.54, 1.807) is 30.5 Å². The van der Waals surface area contributed by atoms with Crippen molar-refractivity contribution in [2.45, 2.75) is 19.5 Å². The molecular formula is C18H20N4O3S. The molecule has 0 saturated carbocycles. The smallest absolute Gasteiger partial charge is 0.271 e. The van der Waals surface area contributed by atoms with E-state index in [-0.39, 0.29) is 11.9 Å². The average molecular weight is 372 g/mol. The Hall–Kier alpha value is -2.87. The highest BCUT2D eigenvalue weighted by Gasteiger charge is 2.15. The molecule has 7 nitrogen and oxygen atoms in total. The minimum Gasteiger partial charge on any atom is -0.493 e. The van der Waals surface area contributed by atoms with Crippen LogP contribution in [0.2, 0.25) is 0 Å². The molecule has 8 heteroatoms. The Morgan fingerprint density at radius 2 is 2.12 bits per heavy atom. The number of hydrogen-bond donors (Lipinski definition) is 1. The van der Waals surface area contributed by atoms with Gasteiger partial charge in [0, 0.05) is 29.4 Å². The second-order valence-electron chi connectivity index (χ2n) is 5.71. The Morgan fingerprint density at radius 3 is 2.81 bits per heavy atom. The normalized spacial score (nSPS) is 11.8. The largest absolute Gasteiger partial charge is 0.493 e. The first-order valence-electron chi connectivity index (χ1n) is 8.07. The van der Waals surface area contributed by atoms with Crippen LogP contribution in [0.4, 0.5) is 0 Å². The van der Waals surface area contributed by atoms with Crippen LogP contribution in [0.1, 0.15) is 17.4 Å². The predicted octanol–water partition coefficient (Wildman–Crippen LogP) is 2.84. The molecule has 2 aromatic heterocycles. The van der Waals surface area contributed by atoms with Crippen LogP contribution in [0.25, 0.3) is 10.6 Å². The molecule has 0 aliphatic carbocycles. The van der Waals surface area contributed by atoms with E-state index in [4.69, 9.17) is 9.47 Å². The Balaban J connectivity index is 1.70. The highest BCUT2D eigenvalue weighted by Crippen LogP contribution is 2.33. The lowest BCUT2D eigenvalue weighted by atomic mass is 10.2. The maximum absolute atomic E-state index is 12.4. The van der Waals surface area contributed by atoms with E-state index in [9.17, 15) is 4.79 Å². The van der Waals surface area contributed by atoms with Crippen molar-refractivity contribution < 1.29 is 14.3 Å². The summed E-state index contributed by atoms with van der Waals surface area (Å²) < 4.78 is 12.3. The molecule has 0 aliphatic heterocycles. The molecule has 0 saturated heterocycles. The lowest BCUT2D eigenvalue weighted by Gasteiger charge is -2.12. The number of ether oxygens (including phenoxy) is 2. The lowest BCUT2D eigenvalue weighted by molar-refractivity contribution is 0.0931. The van der Waals surface area contributed by atoms with E-state index in [1.807, 2.05) is 37.4 Å². The molecule has 136 valence electrons. The van der Waals surface area contributed by atoms with E-state index in [0.29, 0.717) is 23.7 Å². The Bertz CT molecular complexity index is 876. The summed E-state index contributed by atoms with van der Waals surface area (Å²) in [7, 11) is 3.18. The van der Waals surface area contributed by atoms with Gasteiger partial charge in [0.05, 0.1) is 20.8 Å². The minimum atomic E-state index is -0.201. The van der Waals surface area contributed by atoms with Crippen LogP contribution in [-0.4, -0.2) is 40.9 Å². The summed E-state index contributed by atoms with van der Waals surface area (Å²) in [6, 6.07) is 7.35. The third kappa shape index (κ3) is 4.02. The van der Waals surface area contributed by atoms with Crippen molar-refractivity contribution in [3.05, 3.63) is 47.7 Å². The van der Waals surface area contributed by atoms with E-state index in [0.717, 1.165) is 10.6 Å². The number of methoxy groups -OCH3 is 2. The van der Waals surface area contributed by atoms with Gasteiger partial charge in [-0.3, -0.25) is 9.48 Å². The topological polar surface area (TPSA) is 78.3 Å². The maximum Gasteiger partial charge on any atom is 0.271 e. The van der Waals surface area contributed by atoms with Crippen LogP contribution < -0.4 is 14.8 Å². The van der Waals surface area contributed by atoms with Crippen molar-refractivity contribution in [3.8, 4) is 22.1 Å². The summed E-state index contributed by atoms with van der Waals surface area (Å²) in [6.45, 7) is 2.53. The molecule has 1 N–H and O–H groups in total. The van der Waals surface area contributed by atoms with Crippen LogP contribution in [0.3, 0.4) is 0 Å². The third-order valence-electron chi connectivity index (χ3n) is 3.76. The second kappa shape index (κ2) is 8.01.